The van der Waals surface area contributed by atoms with E-state index in [-0.39, 0.29) is 10.1 Å². The molecule has 0 saturated carbocycles. The van der Waals surface area contributed by atoms with Crippen LogP contribution in [0.15, 0.2) is 21.7 Å². The van der Waals surface area contributed by atoms with Crippen molar-refractivity contribution in [3.05, 3.63) is 52.4 Å². The smallest absolute Gasteiger partial charge is 0.280 e. The number of nitro groups is 2. The Hall–Kier alpha value is -2.62. The first-order valence-electron chi connectivity index (χ1n) is 4.40. The number of rotatable bonds is 2. The molecule has 18 heavy (non-hydrogen) atoms. The molecule has 0 aliphatic heterocycles. The van der Waals surface area contributed by atoms with Gasteiger partial charge in [0, 0.05) is 6.07 Å². The first kappa shape index (κ1) is 11.9. The van der Waals surface area contributed by atoms with Crippen molar-refractivity contribution in [1.29, 1.82) is 0 Å². The molecule has 9 nitrogen and oxygen atoms in total. The van der Waals surface area contributed by atoms with E-state index in [4.69, 9.17) is 0 Å². The third kappa shape index (κ3) is 1.84. The fourth-order valence-corrected chi connectivity index (χ4v) is 2.22. The van der Waals surface area contributed by atoms with Crippen LogP contribution in [0.5, 0.6) is 0 Å². The second-order valence-electron chi connectivity index (χ2n) is 3.20. The monoisotopic (exact) mass is 269 g/mol. The summed E-state index contributed by atoms with van der Waals surface area (Å²) in [6.45, 7) is 0. The molecule has 2 rings (SSSR count). The molecule has 0 aliphatic rings. The van der Waals surface area contributed by atoms with Gasteiger partial charge in [0.05, 0.1) is 21.3 Å². The predicted molar refractivity (Wildman–Crippen MR) is 62.0 cm³/mol. The van der Waals surface area contributed by atoms with Crippen molar-refractivity contribution in [2.24, 2.45) is 0 Å². The molecule has 92 valence electrons. The molecule has 0 saturated heterocycles. The van der Waals surface area contributed by atoms with E-state index >= 15 is 0 Å². The minimum absolute atomic E-state index is 0.181. The van der Waals surface area contributed by atoms with Crippen LogP contribution >= 0.6 is 11.3 Å². The van der Waals surface area contributed by atoms with E-state index < -0.39 is 31.7 Å². The number of aromatic amines is 1. The van der Waals surface area contributed by atoms with Crippen molar-refractivity contribution in [3.8, 4) is 0 Å². The Balaban J connectivity index is 3.04. The molecule has 10 heteroatoms. The van der Waals surface area contributed by atoms with Gasteiger partial charge in [0.2, 0.25) is 0 Å². The Labute approximate surface area is 101 Å². The van der Waals surface area contributed by atoms with Crippen molar-refractivity contribution in [2.75, 3.05) is 0 Å². The van der Waals surface area contributed by atoms with Crippen molar-refractivity contribution in [3.63, 3.8) is 0 Å². The summed E-state index contributed by atoms with van der Waals surface area (Å²) >= 11 is 0.456. The molecule has 1 N–H and O–H groups in total. The molecular formula is C8H3N3O6S. The number of H-pyrrole nitrogens is 1. The molecule has 1 heterocycles. The molecule has 0 atom stereocenters. The molecule has 0 unspecified atom stereocenters. The number of aromatic nitrogens is 1. The van der Waals surface area contributed by atoms with E-state index in [1.807, 2.05) is 4.98 Å². The average molecular weight is 269 g/mol. The lowest BCUT2D eigenvalue weighted by Gasteiger charge is -1.97. The van der Waals surface area contributed by atoms with Crippen LogP contribution in [0.3, 0.4) is 0 Å². The molecule has 0 radical (unpaired) electrons. The van der Waals surface area contributed by atoms with Gasteiger partial charge in [-0.15, -0.1) is 0 Å². The number of hydrogen-bond acceptors (Lipinski definition) is 7. The van der Waals surface area contributed by atoms with E-state index in [1.54, 1.807) is 0 Å². The Morgan fingerprint density at radius 3 is 2.33 bits per heavy atom. The standard InChI is InChI=1S/C8H3N3O6S/c12-7-4-1-3(10(14)15)2-5(11(16)17)6(4)18-8(13)9-7/h1-2H,(H,9,12,13). The van der Waals surface area contributed by atoms with Crippen LogP contribution in [-0.2, 0) is 0 Å². The summed E-state index contributed by atoms with van der Waals surface area (Å²) in [4.78, 5) is 43.4. The van der Waals surface area contributed by atoms with E-state index in [2.05, 4.69) is 0 Å². The zero-order valence-corrected chi connectivity index (χ0v) is 9.22. The zero-order valence-electron chi connectivity index (χ0n) is 8.41. The second-order valence-corrected chi connectivity index (χ2v) is 4.18. The molecule has 0 aliphatic carbocycles. The highest BCUT2D eigenvalue weighted by atomic mass is 32.1. The van der Waals surface area contributed by atoms with Gasteiger partial charge in [-0.25, -0.2) is 0 Å². The second kappa shape index (κ2) is 4.00. The number of benzene rings is 1. The van der Waals surface area contributed by atoms with Gasteiger partial charge >= 0.3 is 4.87 Å². The highest BCUT2D eigenvalue weighted by Gasteiger charge is 2.21. The molecule has 0 amide bonds. The number of hydrogen-bond donors (Lipinski definition) is 1. The molecule has 0 bridgehead atoms. The van der Waals surface area contributed by atoms with Crippen LogP contribution in [-0.4, -0.2) is 14.8 Å². The maximum atomic E-state index is 11.5. The van der Waals surface area contributed by atoms with E-state index in [0.717, 1.165) is 12.1 Å². The number of fused-ring (bicyclic) bond motifs is 1. The normalized spacial score (nSPS) is 10.4. The summed E-state index contributed by atoms with van der Waals surface area (Å²) in [6.07, 6.45) is 0. The molecule has 0 fully saturated rings. The van der Waals surface area contributed by atoms with Gasteiger partial charge in [0.1, 0.15) is 4.70 Å². The van der Waals surface area contributed by atoms with Gasteiger partial charge in [-0.2, -0.15) is 0 Å². The lowest BCUT2D eigenvalue weighted by molar-refractivity contribution is -0.392. The third-order valence-corrected chi connectivity index (χ3v) is 3.04. The quantitative estimate of drug-likeness (QED) is 0.631. The number of non-ortho nitro benzene ring substituents is 2. The Bertz CT molecular complexity index is 791. The molecule has 2 aromatic rings. The summed E-state index contributed by atoms with van der Waals surface area (Å²) in [6, 6.07) is 1.62. The molecule has 1 aromatic heterocycles. The topological polar surface area (TPSA) is 136 Å². The van der Waals surface area contributed by atoms with Crippen LogP contribution in [0, 0.1) is 20.2 Å². The average Bonchev–Trinajstić information content (AvgIpc) is 2.27. The van der Waals surface area contributed by atoms with E-state index in [9.17, 15) is 29.8 Å². The maximum Gasteiger partial charge on any atom is 0.308 e. The minimum Gasteiger partial charge on any atom is -0.280 e. The highest BCUT2D eigenvalue weighted by Crippen LogP contribution is 2.30. The maximum absolute atomic E-state index is 11.5. The van der Waals surface area contributed by atoms with Crippen molar-refractivity contribution in [1.82, 2.24) is 4.98 Å². The van der Waals surface area contributed by atoms with Crippen LogP contribution in [0.4, 0.5) is 11.4 Å². The Kier molecular flexibility index (Phi) is 2.63. The summed E-state index contributed by atoms with van der Waals surface area (Å²) in [5.74, 6) is 0. The first-order chi connectivity index (χ1) is 8.40. The molecular weight excluding hydrogens is 266 g/mol. The van der Waals surface area contributed by atoms with Gasteiger partial charge in [0.15, 0.2) is 0 Å². The fraction of sp³-hybridized carbons (Fsp3) is 0. The Morgan fingerprint density at radius 1 is 1.11 bits per heavy atom. The van der Waals surface area contributed by atoms with Gasteiger partial charge < -0.3 is 0 Å². The van der Waals surface area contributed by atoms with Crippen molar-refractivity contribution in [2.45, 2.75) is 0 Å². The fourth-order valence-electron chi connectivity index (χ4n) is 1.39. The lowest BCUT2D eigenvalue weighted by Crippen LogP contribution is -2.16. The van der Waals surface area contributed by atoms with Gasteiger partial charge in [0.25, 0.3) is 16.9 Å². The van der Waals surface area contributed by atoms with Gasteiger partial charge in [-0.3, -0.25) is 34.8 Å². The van der Waals surface area contributed by atoms with Crippen LogP contribution < -0.4 is 10.4 Å². The highest BCUT2D eigenvalue weighted by molar-refractivity contribution is 7.16. The zero-order chi connectivity index (χ0) is 13.4. The number of nitrogens with zero attached hydrogens (tertiary/aromatic N) is 2. The predicted octanol–water partition coefficient (Wildman–Crippen LogP) is 0.766. The van der Waals surface area contributed by atoms with Crippen LogP contribution in [0.25, 0.3) is 10.1 Å². The summed E-state index contributed by atoms with van der Waals surface area (Å²) in [5, 5.41) is 21.1. The summed E-state index contributed by atoms with van der Waals surface area (Å²) in [7, 11) is 0. The first-order valence-corrected chi connectivity index (χ1v) is 5.22. The molecule has 1 aromatic carbocycles. The Morgan fingerprint density at radius 2 is 1.78 bits per heavy atom. The minimum atomic E-state index is -0.888. The third-order valence-electron chi connectivity index (χ3n) is 2.12. The van der Waals surface area contributed by atoms with Crippen molar-refractivity contribution < 1.29 is 9.85 Å². The van der Waals surface area contributed by atoms with Crippen molar-refractivity contribution >= 4 is 32.8 Å². The largest absolute Gasteiger partial charge is 0.308 e. The number of nitrogens with one attached hydrogen (secondary N) is 1. The van der Waals surface area contributed by atoms with E-state index in [0.29, 0.717) is 11.3 Å². The summed E-state index contributed by atoms with van der Waals surface area (Å²) in [5.41, 5.74) is -2.10. The number of nitro benzene ring substituents is 2. The van der Waals surface area contributed by atoms with E-state index in [1.165, 1.54) is 0 Å². The summed E-state index contributed by atoms with van der Waals surface area (Å²) < 4.78 is -0.181. The van der Waals surface area contributed by atoms with Gasteiger partial charge in [-0.1, -0.05) is 11.3 Å². The molecule has 0 spiro atoms. The van der Waals surface area contributed by atoms with Gasteiger partial charge in [-0.05, 0) is 0 Å². The lowest BCUT2D eigenvalue weighted by atomic mass is 10.2. The van der Waals surface area contributed by atoms with Crippen LogP contribution in [0.2, 0.25) is 0 Å². The SMILES string of the molecule is O=c1[nH]c(=O)c2cc([N+](=O)[O-])cc([N+](=O)[O-])c2s1. The van der Waals surface area contributed by atoms with Crippen LogP contribution in [0.1, 0.15) is 0 Å².